The number of amides is 2. The molecular weight excluding hydrogens is 421 g/mol. The standard InChI is InChI=1S/C24H19F3N2O3/c1-32-21-8-3-2-7-20(21)29-23(31)17-10-12-19(13-11-17)28-22(30)14-9-16-5-4-6-18(15-16)24(25,26)27/h2-15H,1H3,(H,28,30)(H,29,31)/b14-9+. The van der Waals surface area contributed by atoms with E-state index in [1.54, 1.807) is 36.4 Å². The number of ether oxygens (including phenoxy) is 1. The highest BCUT2D eigenvalue weighted by Gasteiger charge is 2.30. The van der Waals surface area contributed by atoms with Gasteiger partial charge in [0.2, 0.25) is 5.91 Å². The Labute approximate surface area is 182 Å². The summed E-state index contributed by atoms with van der Waals surface area (Å²) in [7, 11) is 1.50. The summed E-state index contributed by atoms with van der Waals surface area (Å²) in [6, 6.07) is 17.8. The quantitative estimate of drug-likeness (QED) is 0.489. The van der Waals surface area contributed by atoms with Crippen LogP contribution in [0.2, 0.25) is 0 Å². The maximum Gasteiger partial charge on any atom is 0.416 e. The minimum Gasteiger partial charge on any atom is -0.495 e. The third-order valence-electron chi connectivity index (χ3n) is 4.41. The van der Waals surface area contributed by atoms with Gasteiger partial charge in [-0.15, -0.1) is 0 Å². The number of anilines is 2. The summed E-state index contributed by atoms with van der Waals surface area (Å²) < 4.78 is 43.5. The average molecular weight is 440 g/mol. The number of carbonyl (C=O) groups is 2. The van der Waals surface area contributed by atoms with Crippen LogP contribution < -0.4 is 15.4 Å². The van der Waals surface area contributed by atoms with Crippen LogP contribution in [0.1, 0.15) is 21.5 Å². The molecule has 0 aliphatic carbocycles. The molecule has 0 radical (unpaired) electrons. The van der Waals surface area contributed by atoms with Gasteiger partial charge in [0.15, 0.2) is 0 Å². The molecule has 0 aliphatic heterocycles. The van der Waals surface area contributed by atoms with Gasteiger partial charge in [0, 0.05) is 17.3 Å². The van der Waals surface area contributed by atoms with Crippen molar-refractivity contribution in [2.24, 2.45) is 0 Å². The molecule has 32 heavy (non-hydrogen) atoms. The van der Waals surface area contributed by atoms with Gasteiger partial charge in [-0.1, -0.05) is 24.3 Å². The number of benzene rings is 3. The topological polar surface area (TPSA) is 67.4 Å². The van der Waals surface area contributed by atoms with E-state index in [1.165, 1.54) is 37.5 Å². The summed E-state index contributed by atoms with van der Waals surface area (Å²) in [6.07, 6.45) is -2.02. The van der Waals surface area contributed by atoms with Gasteiger partial charge >= 0.3 is 6.18 Å². The van der Waals surface area contributed by atoms with Crippen molar-refractivity contribution in [3.63, 3.8) is 0 Å². The predicted octanol–water partition coefficient (Wildman–Crippen LogP) is 5.62. The number of alkyl halides is 3. The second-order valence-corrected chi connectivity index (χ2v) is 6.68. The van der Waals surface area contributed by atoms with E-state index < -0.39 is 17.6 Å². The molecule has 0 bridgehead atoms. The number of methoxy groups -OCH3 is 1. The SMILES string of the molecule is COc1ccccc1NC(=O)c1ccc(NC(=O)/C=C/c2cccc(C(F)(F)F)c2)cc1. The van der Waals surface area contributed by atoms with Gasteiger partial charge < -0.3 is 15.4 Å². The lowest BCUT2D eigenvalue weighted by Crippen LogP contribution is -2.13. The molecule has 0 spiro atoms. The zero-order chi connectivity index (χ0) is 23.1. The molecule has 0 fully saturated rings. The number of hydrogen-bond acceptors (Lipinski definition) is 3. The molecule has 0 saturated carbocycles. The van der Waals surface area contributed by atoms with Crippen LogP contribution in [0.5, 0.6) is 5.75 Å². The van der Waals surface area contributed by atoms with Crippen LogP contribution in [-0.4, -0.2) is 18.9 Å². The minimum atomic E-state index is -4.45. The molecule has 3 rings (SSSR count). The van der Waals surface area contributed by atoms with Crippen molar-refractivity contribution in [1.82, 2.24) is 0 Å². The first-order valence-electron chi connectivity index (χ1n) is 9.47. The molecule has 2 amide bonds. The van der Waals surface area contributed by atoms with E-state index in [9.17, 15) is 22.8 Å². The fourth-order valence-electron chi connectivity index (χ4n) is 2.82. The summed E-state index contributed by atoms with van der Waals surface area (Å²) in [4.78, 5) is 24.5. The molecule has 8 heteroatoms. The van der Waals surface area contributed by atoms with Gasteiger partial charge in [-0.25, -0.2) is 0 Å². The highest BCUT2D eigenvalue weighted by molar-refractivity contribution is 6.06. The number of halogens is 3. The molecule has 0 aliphatic rings. The third-order valence-corrected chi connectivity index (χ3v) is 4.41. The molecule has 2 N–H and O–H groups in total. The molecule has 5 nitrogen and oxygen atoms in total. The zero-order valence-electron chi connectivity index (χ0n) is 16.9. The van der Waals surface area contributed by atoms with Crippen LogP contribution in [-0.2, 0) is 11.0 Å². The lowest BCUT2D eigenvalue weighted by atomic mass is 10.1. The van der Waals surface area contributed by atoms with Gasteiger partial charge in [-0.2, -0.15) is 13.2 Å². The molecule has 0 atom stereocenters. The monoisotopic (exact) mass is 440 g/mol. The average Bonchev–Trinajstić information content (AvgIpc) is 2.78. The van der Waals surface area contributed by atoms with Crippen molar-refractivity contribution >= 4 is 29.3 Å². The summed E-state index contributed by atoms with van der Waals surface area (Å²) in [5.41, 5.74) is 0.781. The van der Waals surface area contributed by atoms with Crippen molar-refractivity contribution in [2.75, 3.05) is 17.7 Å². The second kappa shape index (κ2) is 9.82. The lowest BCUT2D eigenvalue weighted by Gasteiger charge is -2.10. The Bertz CT molecular complexity index is 1140. The van der Waals surface area contributed by atoms with Crippen LogP contribution in [0, 0.1) is 0 Å². The first kappa shape index (κ1) is 22.6. The fraction of sp³-hybridized carbons (Fsp3) is 0.0833. The predicted molar refractivity (Wildman–Crippen MR) is 116 cm³/mol. The van der Waals surface area contributed by atoms with Crippen molar-refractivity contribution in [2.45, 2.75) is 6.18 Å². The van der Waals surface area contributed by atoms with Crippen LogP contribution in [0.15, 0.2) is 78.9 Å². The van der Waals surface area contributed by atoms with E-state index in [0.717, 1.165) is 18.2 Å². The minimum absolute atomic E-state index is 0.248. The Balaban J connectivity index is 1.61. The van der Waals surface area contributed by atoms with Gasteiger partial charge in [-0.3, -0.25) is 9.59 Å². The number of carbonyl (C=O) groups excluding carboxylic acids is 2. The lowest BCUT2D eigenvalue weighted by molar-refractivity contribution is -0.137. The Morgan fingerprint density at radius 3 is 2.31 bits per heavy atom. The van der Waals surface area contributed by atoms with Crippen LogP contribution in [0.25, 0.3) is 6.08 Å². The number of para-hydroxylation sites is 2. The smallest absolute Gasteiger partial charge is 0.416 e. The van der Waals surface area contributed by atoms with Crippen molar-refractivity contribution in [1.29, 1.82) is 0 Å². The molecule has 3 aromatic carbocycles. The van der Waals surface area contributed by atoms with Gasteiger partial charge in [0.1, 0.15) is 5.75 Å². The summed E-state index contributed by atoms with van der Waals surface area (Å²) in [6.45, 7) is 0. The number of hydrogen-bond donors (Lipinski definition) is 2. The van der Waals surface area contributed by atoms with E-state index in [2.05, 4.69) is 10.6 Å². The normalized spacial score (nSPS) is 11.2. The van der Waals surface area contributed by atoms with Crippen molar-refractivity contribution < 1.29 is 27.5 Å². The van der Waals surface area contributed by atoms with Gasteiger partial charge in [0.05, 0.1) is 18.4 Å². The molecule has 164 valence electrons. The fourth-order valence-corrected chi connectivity index (χ4v) is 2.82. The van der Waals surface area contributed by atoms with Crippen LogP contribution >= 0.6 is 0 Å². The maximum absolute atomic E-state index is 12.8. The Hall–Kier alpha value is -4.07. The van der Waals surface area contributed by atoms with Gasteiger partial charge in [0.25, 0.3) is 5.91 Å². The first-order chi connectivity index (χ1) is 15.3. The summed E-state index contributed by atoms with van der Waals surface area (Å²) >= 11 is 0. The maximum atomic E-state index is 12.8. The zero-order valence-corrected chi connectivity index (χ0v) is 16.9. The van der Waals surface area contributed by atoms with E-state index in [-0.39, 0.29) is 11.5 Å². The van der Waals surface area contributed by atoms with Gasteiger partial charge in [-0.05, 0) is 60.2 Å². The largest absolute Gasteiger partial charge is 0.495 e. The second-order valence-electron chi connectivity index (χ2n) is 6.68. The molecule has 3 aromatic rings. The van der Waals surface area contributed by atoms with E-state index >= 15 is 0 Å². The molecule has 0 heterocycles. The van der Waals surface area contributed by atoms with Crippen molar-refractivity contribution in [3.05, 3.63) is 95.6 Å². The Morgan fingerprint density at radius 1 is 0.906 bits per heavy atom. The van der Waals surface area contributed by atoms with Crippen molar-refractivity contribution in [3.8, 4) is 5.75 Å². The van der Waals surface area contributed by atoms with Crippen LogP contribution in [0.3, 0.4) is 0 Å². The molecule has 0 aromatic heterocycles. The van der Waals surface area contributed by atoms with E-state index in [1.807, 2.05) is 0 Å². The number of rotatable bonds is 6. The van der Waals surface area contributed by atoms with E-state index in [0.29, 0.717) is 22.7 Å². The summed E-state index contributed by atoms with van der Waals surface area (Å²) in [5.74, 6) is -0.345. The highest BCUT2D eigenvalue weighted by atomic mass is 19.4. The first-order valence-corrected chi connectivity index (χ1v) is 9.47. The number of nitrogens with one attached hydrogen (secondary N) is 2. The van der Waals surface area contributed by atoms with Crippen LogP contribution in [0.4, 0.5) is 24.5 Å². The molecule has 0 saturated heterocycles. The highest BCUT2D eigenvalue weighted by Crippen LogP contribution is 2.29. The van der Waals surface area contributed by atoms with E-state index in [4.69, 9.17) is 4.74 Å². The Kier molecular flexibility index (Phi) is 6.94. The molecular formula is C24H19F3N2O3. The Morgan fingerprint density at radius 2 is 1.62 bits per heavy atom. The third kappa shape index (κ3) is 5.98. The summed E-state index contributed by atoms with van der Waals surface area (Å²) in [5, 5.41) is 5.34. The molecule has 0 unspecified atom stereocenters.